The van der Waals surface area contributed by atoms with Crippen LogP contribution in [0.5, 0.6) is 0 Å². The van der Waals surface area contributed by atoms with Crippen molar-refractivity contribution in [2.24, 2.45) is 5.92 Å². The molecule has 1 N–H and O–H groups in total. The summed E-state index contributed by atoms with van der Waals surface area (Å²) >= 11 is 0. The van der Waals surface area contributed by atoms with Crippen molar-refractivity contribution in [3.8, 4) is 18.2 Å². The molecule has 1 rings (SSSR count). The minimum atomic E-state index is -1.29. The maximum Gasteiger partial charge on any atom is 0.269 e. The lowest BCUT2D eigenvalue weighted by molar-refractivity contribution is -0.384. The number of benzene rings is 1. The normalized spacial score (nSPS) is 10.7. The van der Waals surface area contributed by atoms with Gasteiger partial charge >= 0.3 is 0 Å². The summed E-state index contributed by atoms with van der Waals surface area (Å²) in [6, 6.07) is 10.8. The average molecular weight is 291 g/mol. The van der Waals surface area contributed by atoms with Crippen molar-refractivity contribution in [2.75, 3.05) is 0 Å². The third kappa shape index (κ3) is 4.12. The first-order valence-electron chi connectivity index (χ1n) is 5.94. The van der Waals surface area contributed by atoms with Crippen LogP contribution in [0.4, 0.5) is 5.69 Å². The molecule has 1 aromatic rings. The van der Waals surface area contributed by atoms with E-state index < -0.39 is 10.8 Å². The van der Waals surface area contributed by atoms with Crippen LogP contribution in [-0.4, -0.2) is 10.6 Å². The summed E-state index contributed by atoms with van der Waals surface area (Å²) in [4.78, 5) is 10.0. The van der Waals surface area contributed by atoms with Crippen molar-refractivity contribution in [3.63, 3.8) is 0 Å². The van der Waals surface area contributed by atoms with E-state index in [9.17, 15) is 10.1 Å². The van der Waals surface area contributed by atoms with Crippen LogP contribution >= 0.6 is 0 Å². The summed E-state index contributed by atoms with van der Waals surface area (Å²) in [6.07, 6.45) is 4.37. The van der Waals surface area contributed by atoms with Crippen molar-refractivity contribution >= 4 is 17.5 Å². The molecule has 0 aliphatic rings. The van der Waals surface area contributed by atoms with Gasteiger partial charge in [-0.1, -0.05) is 12.2 Å². The van der Waals surface area contributed by atoms with Crippen LogP contribution < -0.4 is 0 Å². The Hall–Kier alpha value is -3.76. The molecule has 7 heteroatoms. The van der Waals surface area contributed by atoms with E-state index in [1.807, 2.05) is 0 Å². The topological polar surface area (TPSA) is 138 Å². The Morgan fingerprint density at radius 2 is 1.82 bits per heavy atom. The van der Waals surface area contributed by atoms with Gasteiger partial charge in [-0.3, -0.25) is 10.1 Å². The Balaban J connectivity index is 2.91. The van der Waals surface area contributed by atoms with Gasteiger partial charge in [-0.25, -0.2) is 0 Å². The smallest absolute Gasteiger partial charge is 0.269 e. The fourth-order valence-electron chi connectivity index (χ4n) is 1.46. The van der Waals surface area contributed by atoms with Gasteiger partial charge in [-0.2, -0.15) is 15.8 Å². The molecule has 0 spiro atoms. The Kier molecular flexibility index (Phi) is 5.73. The Labute approximate surface area is 126 Å². The predicted molar refractivity (Wildman–Crippen MR) is 78.3 cm³/mol. The van der Waals surface area contributed by atoms with E-state index in [4.69, 9.17) is 21.2 Å². The second-order valence-electron chi connectivity index (χ2n) is 4.00. The van der Waals surface area contributed by atoms with E-state index in [2.05, 4.69) is 0 Å². The zero-order chi connectivity index (χ0) is 16.5. The molecule has 0 bridgehead atoms. The van der Waals surface area contributed by atoms with Gasteiger partial charge in [-0.15, -0.1) is 0 Å². The van der Waals surface area contributed by atoms with Gasteiger partial charge in [0.05, 0.1) is 28.3 Å². The molecular weight excluding hydrogens is 282 g/mol. The lowest BCUT2D eigenvalue weighted by atomic mass is 9.99. The van der Waals surface area contributed by atoms with Gasteiger partial charge in [0.15, 0.2) is 5.92 Å². The second-order valence-corrected chi connectivity index (χ2v) is 4.00. The highest BCUT2D eigenvalue weighted by Gasteiger charge is 2.16. The Morgan fingerprint density at radius 1 is 1.23 bits per heavy atom. The zero-order valence-corrected chi connectivity index (χ0v) is 11.2. The van der Waals surface area contributed by atoms with Gasteiger partial charge in [0.2, 0.25) is 0 Å². The van der Waals surface area contributed by atoms with Crippen LogP contribution in [0.1, 0.15) is 5.56 Å². The van der Waals surface area contributed by atoms with E-state index in [0.29, 0.717) is 5.56 Å². The number of nitrogens with one attached hydrogen (secondary N) is 1. The lowest BCUT2D eigenvalue weighted by Gasteiger charge is -1.99. The number of hydrogen-bond donors (Lipinski definition) is 1. The summed E-state index contributed by atoms with van der Waals surface area (Å²) in [5.41, 5.74) is 0.188. The molecule has 1 aromatic carbocycles. The molecule has 0 aliphatic heterocycles. The Bertz CT molecular complexity index is 756. The van der Waals surface area contributed by atoms with Crippen LogP contribution in [-0.2, 0) is 0 Å². The number of nitriles is 3. The molecule has 0 fully saturated rings. The quantitative estimate of drug-likeness (QED) is 0.292. The summed E-state index contributed by atoms with van der Waals surface area (Å²) < 4.78 is 0. The SMILES string of the molecule is N#CC(=CC=Cc1ccc([N+](=O)[O-])cc1)C(=N)C(C#N)C#N. The van der Waals surface area contributed by atoms with E-state index in [1.54, 1.807) is 24.3 Å². The third-order valence-electron chi connectivity index (χ3n) is 2.61. The molecule has 22 heavy (non-hydrogen) atoms. The largest absolute Gasteiger partial charge is 0.301 e. The minimum Gasteiger partial charge on any atom is -0.301 e. The van der Waals surface area contributed by atoms with Gasteiger partial charge in [-0.05, 0) is 23.8 Å². The van der Waals surface area contributed by atoms with Crippen LogP contribution in [0.15, 0.2) is 42.0 Å². The third-order valence-corrected chi connectivity index (χ3v) is 2.61. The van der Waals surface area contributed by atoms with Gasteiger partial charge < -0.3 is 5.41 Å². The first-order chi connectivity index (χ1) is 10.5. The standard InChI is InChI=1S/C15H9N5O2/c16-8-12(15(19)13(9-17)10-18)3-1-2-11-4-6-14(7-5-11)20(21)22/h1-7,13,19H. The zero-order valence-electron chi connectivity index (χ0n) is 11.2. The van der Waals surface area contributed by atoms with E-state index in [1.165, 1.54) is 36.4 Å². The Morgan fingerprint density at radius 3 is 2.27 bits per heavy atom. The fraction of sp³-hybridized carbons (Fsp3) is 0.0667. The number of hydrogen-bond acceptors (Lipinski definition) is 6. The fourth-order valence-corrected chi connectivity index (χ4v) is 1.46. The molecule has 0 radical (unpaired) electrons. The number of nitro groups is 1. The van der Waals surface area contributed by atoms with E-state index in [0.717, 1.165) is 0 Å². The van der Waals surface area contributed by atoms with Crippen LogP contribution in [0.2, 0.25) is 0 Å². The average Bonchev–Trinajstić information content (AvgIpc) is 2.53. The molecule has 0 atom stereocenters. The van der Waals surface area contributed by atoms with Crippen molar-refractivity contribution in [3.05, 3.63) is 57.7 Å². The molecule has 0 heterocycles. The second kappa shape index (κ2) is 7.74. The molecule has 0 amide bonds. The number of non-ortho nitro benzene ring substituents is 1. The summed E-state index contributed by atoms with van der Waals surface area (Å²) in [6.45, 7) is 0. The van der Waals surface area contributed by atoms with Crippen molar-refractivity contribution in [1.82, 2.24) is 0 Å². The van der Waals surface area contributed by atoms with Crippen LogP contribution in [0, 0.1) is 55.4 Å². The number of rotatable bonds is 5. The summed E-state index contributed by atoms with van der Waals surface area (Å²) in [5, 5.41) is 44.5. The maximum absolute atomic E-state index is 10.5. The van der Waals surface area contributed by atoms with Crippen molar-refractivity contribution < 1.29 is 4.92 Å². The predicted octanol–water partition coefficient (Wildman–Crippen LogP) is 2.74. The van der Waals surface area contributed by atoms with E-state index >= 15 is 0 Å². The highest BCUT2D eigenvalue weighted by atomic mass is 16.6. The highest BCUT2D eigenvalue weighted by molar-refractivity contribution is 6.05. The lowest BCUT2D eigenvalue weighted by Crippen LogP contribution is -2.11. The molecule has 0 unspecified atom stereocenters. The molecule has 106 valence electrons. The van der Waals surface area contributed by atoms with Crippen molar-refractivity contribution in [2.45, 2.75) is 0 Å². The minimum absolute atomic E-state index is 0.0296. The van der Waals surface area contributed by atoms with Crippen LogP contribution in [0.25, 0.3) is 6.08 Å². The molecule has 0 saturated carbocycles. The number of nitro benzene ring substituents is 1. The number of nitrogens with zero attached hydrogens (tertiary/aromatic N) is 4. The maximum atomic E-state index is 10.5. The first kappa shape index (κ1) is 16.3. The van der Waals surface area contributed by atoms with Gasteiger partial charge in [0.1, 0.15) is 6.07 Å². The van der Waals surface area contributed by atoms with Gasteiger partial charge in [0, 0.05) is 12.1 Å². The molecule has 7 nitrogen and oxygen atoms in total. The molecule has 0 aromatic heterocycles. The number of allylic oxidation sites excluding steroid dienone is 3. The van der Waals surface area contributed by atoms with Gasteiger partial charge in [0.25, 0.3) is 5.69 Å². The highest BCUT2D eigenvalue weighted by Crippen LogP contribution is 2.13. The molecular formula is C15H9N5O2. The first-order valence-corrected chi connectivity index (χ1v) is 5.94. The van der Waals surface area contributed by atoms with Crippen molar-refractivity contribution in [1.29, 1.82) is 21.2 Å². The van der Waals surface area contributed by atoms with E-state index in [-0.39, 0.29) is 17.0 Å². The monoisotopic (exact) mass is 291 g/mol. The van der Waals surface area contributed by atoms with Crippen LogP contribution in [0.3, 0.4) is 0 Å². The molecule has 0 saturated heterocycles. The summed E-state index contributed by atoms with van der Waals surface area (Å²) in [7, 11) is 0. The molecule has 0 aliphatic carbocycles. The summed E-state index contributed by atoms with van der Waals surface area (Å²) in [5.74, 6) is -1.29.